The van der Waals surface area contributed by atoms with Crippen molar-refractivity contribution in [3.05, 3.63) is 88.6 Å². The largest absolute Gasteiger partial charge is 0.508 e. The van der Waals surface area contributed by atoms with Gasteiger partial charge in [-0.25, -0.2) is 4.98 Å². The first kappa shape index (κ1) is 36.4. The van der Waals surface area contributed by atoms with Crippen LogP contribution in [0.25, 0.3) is 11.1 Å². The van der Waals surface area contributed by atoms with Crippen LogP contribution in [-0.2, 0) is 27.8 Å². The fourth-order valence-electron chi connectivity index (χ4n) is 8.79. The van der Waals surface area contributed by atoms with Crippen molar-refractivity contribution in [2.75, 3.05) is 39.1 Å². The van der Waals surface area contributed by atoms with Gasteiger partial charge in [0.15, 0.2) is 11.5 Å². The molecular weight excluding hydrogens is 670 g/mol. The number of benzene rings is 3. The fraction of sp³-hybridized carbons (Fsp3) is 0.442. The molecule has 2 aliphatic carbocycles. The topological polar surface area (TPSA) is 145 Å². The number of nitrogens with one attached hydrogen (secondary N) is 1. The lowest BCUT2D eigenvalue weighted by Crippen LogP contribution is -2.31. The molecule has 0 saturated heterocycles. The number of hydrogen-bond donors (Lipinski definition) is 4. The molecule has 4 aromatic rings. The van der Waals surface area contributed by atoms with Crippen molar-refractivity contribution in [1.82, 2.24) is 10.3 Å². The molecule has 1 aromatic heterocycles. The zero-order chi connectivity index (χ0) is 37.3. The van der Waals surface area contributed by atoms with Gasteiger partial charge in [-0.3, -0.25) is 4.79 Å². The van der Waals surface area contributed by atoms with E-state index in [1.807, 2.05) is 30.5 Å². The minimum absolute atomic E-state index is 0.0552. The number of esters is 1. The maximum Gasteiger partial charge on any atom is 0.302 e. The first-order valence-corrected chi connectivity index (χ1v) is 18.8. The number of rotatable bonds is 13. The molecule has 3 aromatic carbocycles. The first-order valence-electron chi connectivity index (χ1n) is 18.8. The molecule has 2 heterocycles. The quantitative estimate of drug-likeness (QED) is 0.0815. The van der Waals surface area contributed by atoms with Gasteiger partial charge in [-0.15, -0.1) is 0 Å². The van der Waals surface area contributed by atoms with Crippen molar-refractivity contribution in [3.63, 3.8) is 0 Å². The lowest BCUT2D eigenvalue weighted by atomic mass is 9.65. The second-order valence-electron chi connectivity index (χ2n) is 15.4. The SMILES string of the molecule is COc1cc(O)cc2c1-c1ccc3c(c1[C@]1(CC[C@@H](Cc4ccc(N)nc4)C1)C2)O[C@H](c1ccc(O)c(OCCNCCC(C)C)c1)[C@H]3COC(C)=O. The normalized spacial score (nSPS) is 21.2. The minimum Gasteiger partial charge on any atom is -0.508 e. The highest BCUT2D eigenvalue weighted by Gasteiger charge is 2.50. The summed E-state index contributed by atoms with van der Waals surface area (Å²) >= 11 is 0. The second kappa shape index (κ2) is 15.2. The van der Waals surface area contributed by atoms with Gasteiger partial charge in [-0.2, -0.15) is 0 Å². The molecule has 5 N–H and O–H groups in total. The zero-order valence-corrected chi connectivity index (χ0v) is 31.1. The van der Waals surface area contributed by atoms with E-state index < -0.39 is 6.10 Å². The zero-order valence-electron chi connectivity index (χ0n) is 31.1. The number of pyridine rings is 1. The van der Waals surface area contributed by atoms with E-state index in [-0.39, 0.29) is 35.4 Å². The molecule has 0 radical (unpaired) electrons. The Labute approximate surface area is 311 Å². The van der Waals surface area contributed by atoms with Crippen molar-refractivity contribution in [1.29, 1.82) is 0 Å². The first-order chi connectivity index (χ1) is 25.5. The molecule has 0 unspecified atom stereocenters. The number of phenolic OH excluding ortho intramolecular Hbond substituents is 2. The molecule has 4 atom stereocenters. The average Bonchev–Trinajstić information content (AvgIpc) is 3.70. The van der Waals surface area contributed by atoms with Crippen LogP contribution >= 0.6 is 0 Å². The summed E-state index contributed by atoms with van der Waals surface area (Å²) in [7, 11) is 1.63. The van der Waals surface area contributed by atoms with E-state index in [0.29, 0.717) is 42.3 Å². The van der Waals surface area contributed by atoms with Crippen molar-refractivity contribution in [2.24, 2.45) is 11.8 Å². The summed E-state index contributed by atoms with van der Waals surface area (Å²) in [4.78, 5) is 16.5. The van der Waals surface area contributed by atoms with Gasteiger partial charge in [-0.05, 0) is 103 Å². The Hall–Kier alpha value is -4.96. The second-order valence-corrected chi connectivity index (χ2v) is 15.4. The summed E-state index contributed by atoms with van der Waals surface area (Å²) < 4.78 is 24.8. The van der Waals surface area contributed by atoms with Crippen LogP contribution in [0.4, 0.5) is 5.82 Å². The average molecular weight is 722 g/mol. The lowest BCUT2D eigenvalue weighted by molar-refractivity contribution is -0.141. The van der Waals surface area contributed by atoms with Gasteiger partial charge < -0.3 is 40.2 Å². The van der Waals surface area contributed by atoms with E-state index in [4.69, 9.17) is 24.7 Å². The minimum atomic E-state index is -0.499. The van der Waals surface area contributed by atoms with Gasteiger partial charge in [0.25, 0.3) is 0 Å². The lowest BCUT2D eigenvalue weighted by Gasteiger charge is -2.39. The maximum absolute atomic E-state index is 12.2. The van der Waals surface area contributed by atoms with Crippen molar-refractivity contribution < 1.29 is 34.0 Å². The van der Waals surface area contributed by atoms with Crippen LogP contribution in [0.1, 0.15) is 86.3 Å². The Morgan fingerprint density at radius 1 is 1.09 bits per heavy atom. The highest BCUT2D eigenvalue weighted by Crippen LogP contribution is 2.62. The number of carbonyl (C=O) groups is 1. The number of aromatic nitrogens is 1. The Balaban J connectivity index is 1.27. The highest BCUT2D eigenvalue weighted by molar-refractivity contribution is 5.84. The molecule has 10 heteroatoms. The van der Waals surface area contributed by atoms with Crippen molar-refractivity contribution in [3.8, 4) is 39.9 Å². The van der Waals surface area contributed by atoms with E-state index in [2.05, 4.69) is 42.3 Å². The number of phenols is 2. The summed E-state index contributed by atoms with van der Waals surface area (Å²) in [6, 6.07) is 17.0. The van der Waals surface area contributed by atoms with E-state index in [0.717, 1.165) is 89.8 Å². The molecule has 3 aliphatic rings. The molecule has 1 spiro atoms. The smallest absolute Gasteiger partial charge is 0.302 e. The van der Waals surface area contributed by atoms with Gasteiger partial charge >= 0.3 is 5.97 Å². The highest BCUT2D eigenvalue weighted by atomic mass is 16.5. The third-order valence-corrected chi connectivity index (χ3v) is 11.2. The van der Waals surface area contributed by atoms with Gasteiger partial charge in [-0.1, -0.05) is 38.1 Å². The molecule has 1 aliphatic heterocycles. The standard InChI is InChI=1S/C43H51N3O7/c1-25(2)12-14-45-15-16-51-36-19-29(6-9-35(36)49)41-34(24-52-26(3)47)32-7-8-33-39-30(18-31(48)20-37(39)50-4)22-43(40(33)42(32)53-41)13-11-27(21-43)17-28-5-10-38(44)46-23-28/h5-10,18-20,23,25,27,34,41,45,48-49H,11-17,21-22,24H2,1-4H3,(H2,44,46)/t27-,34-,41+,43-/m0/s1. The summed E-state index contributed by atoms with van der Waals surface area (Å²) in [6.07, 6.45) is 6.93. The molecule has 53 heavy (non-hydrogen) atoms. The summed E-state index contributed by atoms with van der Waals surface area (Å²) in [6.45, 7) is 7.91. The predicted octanol–water partition coefficient (Wildman–Crippen LogP) is 7.38. The van der Waals surface area contributed by atoms with Crippen LogP contribution in [0.2, 0.25) is 0 Å². The van der Waals surface area contributed by atoms with E-state index in [1.54, 1.807) is 19.2 Å². The van der Waals surface area contributed by atoms with E-state index in [9.17, 15) is 15.0 Å². The monoisotopic (exact) mass is 721 g/mol. The van der Waals surface area contributed by atoms with Crippen molar-refractivity contribution in [2.45, 2.75) is 76.7 Å². The Kier molecular flexibility index (Phi) is 10.4. The van der Waals surface area contributed by atoms with Crippen LogP contribution in [0.5, 0.6) is 28.7 Å². The molecule has 10 nitrogen and oxygen atoms in total. The van der Waals surface area contributed by atoms with Crippen LogP contribution < -0.4 is 25.3 Å². The molecule has 1 fully saturated rings. The fourth-order valence-corrected chi connectivity index (χ4v) is 8.79. The molecule has 0 bridgehead atoms. The van der Waals surface area contributed by atoms with Gasteiger partial charge in [0.1, 0.15) is 42.4 Å². The number of nitrogens with two attached hydrogens (primary N) is 1. The Bertz CT molecular complexity index is 1960. The number of fused-ring (bicyclic) bond motifs is 6. The number of anilines is 1. The summed E-state index contributed by atoms with van der Waals surface area (Å²) in [5.41, 5.74) is 12.8. The molecule has 1 saturated carbocycles. The molecule has 0 amide bonds. The molecule has 7 rings (SSSR count). The Morgan fingerprint density at radius 2 is 1.94 bits per heavy atom. The molecule has 280 valence electrons. The van der Waals surface area contributed by atoms with Crippen LogP contribution in [0.3, 0.4) is 0 Å². The number of hydrogen-bond acceptors (Lipinski definition) is 10. The number of carbonyl (C=O) groups excluding carboxylic acids is 1. The van der Waals surface area contributed by atoms with Crippen LogP contribution in [0, 0.1) is 11.8 Å². The van der Waals surface area contributed by atoms with Crippen LogP contribution in [0.15, 0.2) is 60.8 Å². The number of nitrogen functional groups attached to an aromatic ring is 1. The number of methoxy groups -OCH3 is 1. The predicted molar refractivity (Wildman–Crippen MR) is 204 cm³/mol. The summed E-state index contributed by atoms with van der Waals surface area (Å²) in [5, 5.41) is 24.9. The third kappa shape index (κ3) is 7.47. The van der Waals surface area contributed by atoms with E-state index in [1.165, 1.54) is 6.92 Å². The van der Waals surface area contributed by atoms with Gasteiger partial charge in [0.2, 0.25) is 0 Å². The van der Waals surface area contributed by atoms with Gasteiger partial charge in [0, 0.05) is 47.8 Å². The van der Waals surface area contributed by atoms with Crippen LogP contribution in [-0.4, -0.2) is 54.6 Å². The van der Waals surface area contributed by atoms with E-state index >= 15 is 0 Å². The third-order valence-electron chi connectivity index (χ3n) is 11.2. The number of aromatic hydroxyl groups is 2. The maximum atomic E-state index is 12.2. The Morgan fingerprint density at radius 3 is 2.70 bits per heavy atom. The number of nitrogens with zero attached hydrogens (tertiary/aromatic N) is 1. The molecular formula is C43H51N3O7. The van der Waals surface area contributed by atoms with Crippen molar-refractivity contribution >= 4 is 11.8 Å². The number of ether oxygens (including phenoxy) is 4. The van der Waals surface area contributed by atoms with Gasteiger partial charge in [0.05, 0.1) is 13.0 Å². The summed E-state index contributed by atoms with van der Waals surface area (Å²) in [5.74, 6) is 2.91.